The molecule has 0 aliphatic carbocycles. The lowest BCUT2D eigenvalue weighted by molar-refractivity contribution is -0.142. The van der Waals surface area contributed by atoms with Gasteiger partial charge in [0.2, 0.25) is 5.91 Å². The minimum absolute atomic E-state index is 0.157. The van der Waals surface area contributed by atoms with Crippen molar-refractivity contribution in [1.29, 1.82) is 0 Å². The highest BCUT2D eigenvalue weighted by molar-refractivity contribution is 8.15. The Labute approximate surface area is 214 Å². The van der Waals surface area contributed by atoms with Crippen molar-refractivity contribution in [3.8, 4) is 17.2 Å². The van der Waals surface area contributed by atoms with Gasteiger partial charge in [-0.1, -0.05) is 30.0 Å². The van der Waals surface area contributed by atoms with E-state index in [4.69, 9.17) is 14.2 Å². The number of hydrogen-bond acceptors (Lipinski definition) is 8. The lowest BCUT2D eigenvalue weighted by Crippen LogP contribution is -2.39. The molecule has 0 saturated carbocycles. The molecular weight excluding hydrogens is 482 g/mol. The molecule has 0 radical (unpaired) electrons. The molecule has 2 aliphatic rings. The molecule has 0 spiro atoms. The molecule has 8 nitrogen and oxygen atoms in total. The minimum Gasteiger partial charge on any atom is -0.489 e. The van der Waals surface area contributed by atoms with Crippen LogP contribution in [0.2, 0.25) is 0 Å². The van der Waals surface area contributed by atoms with Crippen molar-refractivity contribution in [2.45, 2.75) is 45.0 Å². The molecule has 4 rings (SSSR count). The summed E-state index contributed by atoms with van der Waals surface area (Å²) in [6.07, 6.45) is 4.44. The maximum atomic E-state index is 11.8. The minimum atomic E-state index is -0.692. The summed E-state index contributed by atoms with van der Waals surface area (Å²) < 4.78 is 22.9. The maximum Gasteiger partial charge on any atom is 0.343 e. The zero-order valence-corrected chi connectivity index (χ0v) is 21.7. The number of benzene rings is 2. The van der Waals surface area contributed by atoms with Gasteiger partial charge in [0.25, 0.3) is 5.24 Å². The average molecular weight is 512 g/mol. The van der Waals surface area contributed by atoms with Gasteiger partial charge < -0.3 is 18.9 Å². The van der Waals surface area contributed by atoms with Crippen LogP contribution in [0.15, 0.2) is 30.3 Å². The van der Waals surface area contributed by atoms with Crippen molar-refractivity contribution in [3.05, 3.63) is 58.2 Å². The molecule has 2 unspecified atom stereocenters. The van der Waals surface area contributed by atoms with Crippen molar-refractivity contribution < 1.29 is 33.3 Å². The number of methoxy groups -OCH3 is 1. The molecule has 2 atom stereocenters. The van der Waals surface area contributed by atoms with Crippen molar-refractivity contribution in [1.82, 2.24) is 5.32 Å². The normalized spacial score (nSPS) is 20.4. The molecule has 2 amide bonds. The van der Waals surface area contributed by atoms with Crippen molar-refractivity contribution in [2.24, 2.45) is 0 Å². The third-order valence-corrected chi connectivity index (χ3v) is 7.35. The fourth-order valence-electron chi connectivity index (χ4n) is 4.15. The number of thioether (sulfide) groups is 1. The van der Waals surface area contributed by atoms with Crippen LogP contribution >= 0.6 is 11.8 Å². The van der Waals surface area contributed by atoms with E-state index in [9.17, 15) is 14.4 Å². The first-order valence-corrected chi connectivity index (χ1v) is 12.4. The second kappa shape index (κ2) is 10.3. The number of fused-ring (bicyclic) bond motifs is 1. The molecule has 1 fully saturated rings. The Bertz CT molecular complexity index is 1240. The molecule has 2 aromatic carbocycles. The molecule has 0 bridgehead atoms. The van der Waals surface area contributed by atoms with Crippen LogP contribution in [0, 0.1) is 20.8 Å². The zero-order valence-electron chi connectivity index (χ0n) is 20.9. The predicted molar refractivity (Wildman–Crippen MR) is 137 cm³/mol. The largest absolute Gasteiger partial charge is 0.489 e. The number of carbonyl (C=O) groups excluding carboxylic acids is 3. The third-order valence-electron chi connectivity index (χ3n) is 6.37. The van der Waals surface area contributed by atoms with E-state index in [1.165, 1.54) is 7.11 Å². The Morgan fingerprint density at radius 3 is 2.44 bits per heavy atom. The monoisotopic (exact) mass is 511 g/mol. The van der Waals surface area contributed by atoms with Gasteiger partial charge in [-0.3, -0.25) is 14.9 Å². The van der Waals surface area contributed by atoms with Gasteiger partial charge in [-0.05, 0) is 69.0 Å². The van der Waals surface area contributed by atoms with E-state index < -0.39 is 16.8 Å². The number of carbonyl (C=O) groups is 3. The topological polar surface area (TPSA) is 100 Å². The molecule has 1 saturated heterocycles. The summed E-state index contributed by atoms with van der Waals surface area (Å²) in [5, 5.41) is 1.61. The molecule has 2 heterocycles. The summed E-state index contributed by atoms with van der Waals surface area (Å²) >= 11 is 1.02. The number of rotatable bonds is 8. The smallest absolute Gasteiger partial charge is 0.343 e. The highest BCUT2D eigenvalue weighted by Gasteiger charge is 2.33. The Morgan fingerprint density at radius 1 is 1.08 bits per heavy atom. The zero-order chi connectivity index (χ0) is 26.0. The lowest BCUT2D eigenvalue weighted by atomic mass is 9.92. The fraction of sp³-hybridized carbons (Fsp3) is 0.370. The van der Waals surface area contributed by atoms with E-state index in [1.807, 2.05) is 64.1 Å². The van der Waals surface area contributed by atoms with Crippen LogP contribution in [0.4, 0.5) is 4.79 Å². The number of hydrogen-bond donors (Lipinski definition) is 1. The summed E-state index contributed by atoms with van der Waals surface area (Å²) in [6.45, 7) is 7.94. The lowest BCUT2D eigenvalue weighted by Gasteiger charge is -2.34. The Morgan fingerprint density at radius 2 is 1.81 bits per heavy atom. The van der Waals surface area contributed by atoms with Crippen LogP contribution < -0.4 is 19.5 Å². The number of esters is 1. The predicted octanol–water partition coefficient (Wildman–Crippen LogP) is 4.30. The number of nitrogens with one attached hydrogen (secondary N) is 1. The molecule has 1 N–H and O–H groups in total. The summed E-state index contributed by atoms with van der Waals surface area (Å²) in [5.41, 5.74) is 3.89. The molecule has 2 aromatic rings. The van der Waals surface area contributed by atoms with Crippen LogP contribution in [0.3, 0.4) is 0 Å². The fourth-order valence-corrected chi connectivity index (χ4v) is 5.01. The van der Waals surface area contributed by atoms with E-state index in [0.717, 1.165) is 45.3 Å². The van der Waals surface area contributed by atoms with Gasteiger partial charge >= 0.3 is 5.97 Å². The van der Waals surface area contributed by atoms with Gasteiger partial charge in [0.1, 0.15) is 23.9 Å². The van der Waals surface area contributed by atoms with E-state index in [0.29, 0.717) is 17.9 Å². The number of ether oxygens (including phenoxy) is 4. The van der Waals surface area contributed by atoms with Crippen LogP contribution in [-0.4, -0.2) is 48.3 Å². The second-order valence-corrected chi connectivity index (χ2v) is 10.3. The quantitative estimate of drug-likeness (QED) is 0.524. The number of amides is 2. The van der Waals surface area contributed by atoms with Crippen LogP contribution in [0.5, 0.6) is 17.2 Å². The van der Waals surface area contributed by atoms with E-state index in [1.54, 1.807) is 0 Å². The van der Waals surface area contributed by atoms with Gasteiger partial charge in [0, 0.05) is 11.1 Å². The maximum absolute atomic E-state index is 11.8. The summed E-state index contributed by atoms with van der Waals surface area (Å²) in [5.74, 6) is 1.41. The second-order valence-electron chi connectivity index (χ2n) is 9.08. The van der Waals surface area contributed by atoms with Crippen LogP contribution in [-0.2, 0) is 20.7 Å². The molecule has 2 aliphatic heterocycles. The van der Waals surface area contributed by atoms with Gasteiger partial charge in [0.15, 0.2) is 12.2 Å². The van der Waals surface area contributed by atoms with E-state index >= 15 is 0 Å². The Kier molecular flexibility index (Phi) is 7.31. The molecular formula is C27H29NO7S. The Balaban J connectivity index is 1.43. The molecule has 36 heavy (non-hydrogen) atoms. The SMILES string of the molecule is COC(=O)COc1c(C)c(C)c2c(c1C)C=CC(C)(COc1ccc(CC3SC(=O)NC3=O)cc1)O2. The van der Waals surface area contributed by atoms with Gasteiger partial charge in [0.05, 0.1) is 12.4 Å². The third kappa shape index (κ3) is 5.36. The Hall–Kier alpha value is -3.46. The first kappa shape index (κ1) is 25.6. The van der Waals surface area contributed by atoms with Crippen LogP contribution in [0.1, 0.15) is 34.7 Å². The highest BCUT2D eigenvalue weighted by atomic mass is 32.2. The first-order valence-electron chi connectivity index (χ1n) is 11.5. The van der Waals surface area contributed by atoms with Gasteiger partial charge in [-0.2, -0.15) is 0 Å². The number of imide groups is 1. The summed E-state index contributed by atoms with van der Waals surface area (Å²) in [7, 11) is 1.33. The van der Waals surface area contributed by atoms with Crippen molar-refractivity contribution in [2.75, 3.05) is 20.3 Å². The van der Waals surface area contributed by atoms with Crippen molar-refractivity contribution in [3.63, 3.8) is 0 Å². The molecule has 0 aromatic heterocycles. The van der Waals surface area contributed by atoms with E-state index in [-0.39, 0.29) is 24.4 Å². The van der Waals surface area contributed by atoms with Crippen LogP contribution in [0.25, 0.3) is 6.08 Å². The molecule has 190 valence electrons. The standard InChI is InChI=1S/C27H29NO7S/c1-15-16(2)24-20(17(3)23(15)33-13-22(29)32-5)10-11-27(4,35-24)14-34-19-8-6-18(7-9-19)12-21-25(30)28-26(31)36-21/h6-11,21H,12-14H2,1-5H3,(H,28,30,31). The summed E-state index contributed by atoms with van der Waals surface area (Å²) in [4.78, 5) is 34.7. The average Bonchev–Trinajstić information content (AvgIpc) is 3.18. The molecule has 9 heteroatoms. The highest BCUT2D eigenvalue weighted by Crippen LogP contribution is 2.43. The van der Waals surface area contributed by atoms with Crippen molar-refractivity contribution >= 4 is 35.0 Å². The van der Waals surface area contributed by atoms with E-state index in [2.05, 4.69) is 10.1 Å². The summed E-state index contributed by atoms with van der Waals surface area (Å²) in [6, 6.07) is 7.49. The van der Waals surface area contributed by atoms with Gasteiger partial charge in [-0.25, -0.2) is 4.79 Å². The first-order chi connectivity index (χ1) is 17.1. The van der Waals surface area contributed by atoms with Gasteiger partial charge in [-0.15, -0.1) is 0 Å².